The molecule has 0 spiro atoms. The molecular formula is C18H23FN4O3. The molecule has 0 aromatic heterocycles. The normalized spacial score (nSPS) is 28.8. The van der Waals surface area contributed by atoms with Crippen LogP contribution in [0.4, 0.5) is 9.18 Å². The molecule has 0 radical (unpaired) electrons. The molecule has 3 rings (SSSR count). The van der Waals surface area contributed by atoms with Gasteiger partial charge in [0.1, 0.15) is 17.9 Å². The van der Waals surface area contributed by atoms with Crippen LogP contribution in [-0.2, 0) is 15.1 Å². The third kappa shape index (κ3) is 3.41. The Hall–Kier alpha value is -2.48. The highest BCUT2D eigenvalue weighted by Gasteiger charge is 2.49. The first-order valence-electron chi connectivity index (χ1n) is 8.71. The van der Waals surface area contributed by atoms with Gasteiger partial charge in [-0.15, -0.1) is 0 Å². The minimum Gasteiger partial charge on any atom is -0.350 e. The quantitative estimate of drug-likeness (QED) is 0.688. The Kier molecular flexibility index (Phi) is 4.95. The largest absolute Gasteiger partial charge is 0.350 e. The van der Waals surface area contributed by atoms with Gasteiger partial charge in [0.25, 0.3) is 5.91 Å². The standard InChI is InChI=1S/C18H23FN4O3/c1-11-7-8-20-9-14(11)21-15(24)10-23-16(25)18(2,22-17(23)26)12-3-5-13(19)6-4-12/h3-6,11,14,20H,7-10H2,1-2H3,(H,21,24)(H,22,26). The van der Waals surface area contributed by atoms with E-state index >= 15 is 0 Å². The summed E-state index contributed by atoms with van der Waals surface area (Å²) in [6.07, 6.45) is 0.955. The van der Waals surface area contributed by atoms with Crippen LogP contribution in [0.25, 0.3) is 0 Å². The SMILES string of the molecule is CC1CCNCC1NC(=O)CN1C(=O)NC(C)(c2ccc(F)cc2)C1=O. The molecule has 3 unspecified atom stereocenters. The molecule has 0 bridgehead atoms. The molecule has 140 valence electrons. The van der Waals surface area contributed by atoms with Gasteiger partial charge in [-0.3, -0.25) is 14.5 Å². The minimum atomic E-state index is -1.31. The highest BCUT2D eigenvalue weighted by atomic mass is 19.1. The van der Waals surface area contributed by atoms with Crippen LogP contribution in [0.15, 0.2) is 24.3 Å². The maximum Gasteiger partial charge on any atom is 0.325 e. The number of nitrogens with one attached hydrogen (secondary N) is 3. The van der Waals surface area contributed by atoms with Crippen LogP contribution in [0, 0.1) is 11.7 Å². The summed E-state index contributed by atoms with van der Waals surface area (Å²) in [5.74, 6) is -1.01. The Morgan fingerprint density at radius 3 is 2.69 bits per heavy atom. The molecule has 26 heavy (non-hydrogen) atoms. The lowest BCUT2D eigenvalue weighted by atomic mass is 9.92. The van der Waals surface area contributed by atoms with Crippen LogP contribution < -0.4 is 16.0 Å². The number of piperidine rings is 1. The van der Waals surface area contributed by atoms with Gasteiger partial charge in [0, 0.05) is 12.6 Å². The molecule has 3 N–H and O–H groups in total. The minimum absolute atomic E-state index is 0.0273. The van der Waals surface area contributed by atoms with E-state index in [9.17, 15) is 18.8 Å². The van der Waals surface area contributed by atoms with E-state index in [-0.39, 0.29) is 18.5 Å². The molecule has 1 aromatic rings. The van der Waals surface area contributed by atoms with Gasteiger partial charge in [0.15, 0.2) is 0 Å². The van der Waals surface area contributed by atoms with Gasteiger partial charge < -0.3 is 16.0 Å². The molecule has 2 aliphatic heterocycles. The molecule has 2 aliphatic rings. The summed E-state index contributed by atoms with van der Waals surface area (Å²) in [5.41, 5.74) is -0.852. The van der Waals surface area contributed by atoms with Crippen LogP contribution >= 0.6 is 0 Å². The fourth-order valence-corrected chi connectivity index (χ4v) is 3.40. The summed E-state index contributed by atoms with van der Waals surface area (Å²) in [5, 5.41) is 8.71. The molecule has 3 atom stereocenters. The summed E-state index contributed by atoms with van der Waals surface area (Å²) >= 11 is 0. The van der Waals surface area contributed by atoms with E-state index in [2.05, 4.69) is 22.9 Å². The van der Waals surface area contributed by atoms with Crippen molar-refractivity contribution >= 4 is 17.8 Å². The number of carbonyl (C=O) groups is 3. The molecule has 0 saturated carbocycles. The first-order chi connectivity index (χ1) is 12.3. The number of benzene rings is 1. The summed E-state index contributed by atoms with van der Waals surface area (Å²) < 4.78 is 13.1. The lowest BCUT2D eigenvalue weighted by molar-refractivity contribution is -0.135. The third-order valence-electron chi connectivity index (χ3n) is 5.17. The summed E-state index contributed by atoms with van der Waals surface area (Å²) in [6, 6.07) is 4.70. The van der Waals surface area contributed by atoms with Gasteiger partial charge in [0.2, 0.25) is 5.91 Å². The van der Waals surface area contributed by atoms with Gasteiger partial charge in [-0.25, -0.2) is 9.18 Å². The zero-order valence-electron chi connectivity index (χ0n) is 14.8. The van der Waals surface area contributed by atoms with Gasteiger partial charge in [-0.1, -0.05) is 19.1 Å². The van der Waals surface area contributed by atoms with E-state index in [1.54, 1.807) is 6.92 Å². The van der Waals surface area contributed by atoms with Crippen LogP contribution in [0.3, 0.4) is 0 Å². The number of urea groups is 1. The second kappa shape index (κ2) is 7.03. The van der Waals surface area contributed by atoms with E-state index in [0.717, 1.165) is 17.9 Å². The second-order valence-electron chi connectivity index (χ2n) is 7.10. The van der Waals surface area contributed by atoms with E-state index in [4.69, 9.17) is 0 Å². The number of carbonyl (C=O) groups excluding carboxylic acids is 3. The summed E-state index contributed by atoms with van der Waals surface area (Å²) in [6.45, 7) is 4.85. The Morgan fingerprint density at radius 1 is 1.35 bits per heavy atom. The molecule has 2 heterocycles. The van der Waals surface area contributed by atoms with Gasteiger partial charge in [0.05, 0.1) is 0 Å². The lowest BCUT2D eigenvalue weighted by Crippen LogP contribution is -2.53. The molecule has 2 saturated heterocycles. The Morgan fingerprint density at radius 2 is 2.04 bits per heavy atom. The second-order valence-corrected chi connectivity index (χ2v) is 7.10. The van der Waals surface area contributed by atoms with Crippen molar-refractivity contribution in [2.75, 3.05) is 19.6 Å². The van der Waals surface area contributed by atoms with Crippen LogP contribution in [0.5, 0.6) is 0 Å². The zero-order chi connectivity index (χ0) is 18.9. The summed E-state index contributed by atoms with van der Waals surface area (Å²) in [7, 11) is 0. The molecule has 2 fully saturated rings. The highest BCUT2D eigenvalue weighted by molar-refractivity contribution is 6.09. The monoisotopic (exact) mass is 362 g/mol. The third-order valence-corrected chi connectivity index (χ3v) is 5.17. The molecular weight excluding hydrogens is 339 g/mol. The molecule has 4 amide bonds. The number of nitrogens with zero attached hydrogens (tertiary/aromatic N) is 1. The Balaban J connectivity index is 1.68. The van der Waals surface area contributed by atoms with Crippen LogP contribution in [0.1, 0.15) is 25.8 Å². The predicted octanol–water partition coefficient (Wildman–Crippen LogP) is 0.707. The first kappa shape index (κ1) is 18.3. The number of imide groups is 1. The van der Waals surface area contributed by atoms with E-state index in [0.29, 0.717) is 18.0 Å². The topological polar surface area (TPSA) is 90.5 Å². The van der Waals surface area contributed by atoms with Crippen molar-refractivity contribution in [1.29, 1.82) is 0 Å². The Labute approximate surface area is 151 Å². The van der Waals surface area contributed by atoms with Gasteiger partial charge >= 0.3 is 6.03 Å². The van der Waals surface area contributed by atoms with Gasteiger partial charge in [-0.2, -0.15) is 0 Å². The number of halogens is 1. The average molecular weight is 362 g/mol. The highest BCUT2D eigenvalue weighted by Crippen LogP contribution is 2.28. The van der Waals surface area contributed by atoms with Crippen molar-refractivity contribution in [1.82, 2.24) is 20.9 Å². The van der Waals surface area contributed by atoms with E-state index in [1.165, 1.54) is 24.3 Å². The van der Waals surface area contributed by atoms with Crippen molar-refractivity contribution in [3.63, 3.8) is 0 Å². The smallest absolute Gasteiger partial charge is 0.325 e. The molecule has 0 aliphatic carbocycles. The summed E-state index contributed by atoms with van der Waals surface area (Å²) in [4.78, 5) is 38.3. The van der Waals surface area contributed by atoms with Crippen molar-refractivity contribution < 1.29 is 18.8 Å². The number of hydrogen-bond donors (Lipinski definition) is 3. The van der Waals surface area contributed by atoms with Crippen molar-refractivity contribution in [3.05, 3.63) is 35.6 Å². The molecule has 7 nitrogen and oxygen atoms in total. The number of amides is 4. The fourth-order valence-electron chi connectivity index (χ4n) is 3.40. The predicted molar refractivity (Wildman–Crippen MR) is 92.6 cm³/mol. The first-order valence-corrected chi connectivity index (χ1v) is 8.71. The van der Waals surface area contributed by atoms with Crippen LogP contribution in [0.2, 0.25) is 0 Å². The molecule has 8 heteroatoms. The average Bonchev–Trinajstić information content (AvgIpc) is 2.82. The lowest BCUT2D eigenvalue weighted by Gasteiger charge is -2.30. The van der Waals surface area contributed by atoms with Crippen molar-refractivity contribution in [2.45, 2.75) is 31.8 Å². The van der Waals surface area contributed by atoms with Crippen molar-refractivity contribution in [3.8, 4) is 0 Å². The van der Waals surface area contributed by atoms with Crippen molar-refractivity contribution in [2.24, 2.45) is 5.92 Å². The number of hydrogen-bond acceptors (Lipinski definition) is 4. The van der Waals surface area contributed by atoms with E-state index < -0.39 is 23.3 Å². The fraction of sp³-hybridized carbons (Fsp3) is 0.500. The Bertz CT molecular complexity index is 724. The van der Waals surface area contributed by atoms with E-state index in [1.807, 2.05) is 0 Å². The number of rotatable bonds is 4. The maximum atomic E-state index is 13.1. The van der Waals surface area contributed by atoms with Crippen LogP contribution in [-0.4, -0.2) is 48.4 Å². The van der Waals surface area contributed by atoms with Gasteiger partial charge in [-0.05, 0) is 43.5 Å². The maximum absolute atomic E-state index is 13.1. The zero-order valence-corrected chi connectivity index (χ0v) is 14.8. The molecule has 1 aromatic carbocycles.